The van der Waals surface area contributed by atoms with Gasteiger partial charge in [-0.1, -0.05) is 30.3 Å². The molecule has 1 aromatic heterocycles. The van der Waals surface area contributed by atoms with Crippen LogP contribution in [-0.2, 0) is 0 Å². The van der Waals surface area contributed by atoms with Crippen LogP contribution in [0, 0.1) is 18.8 Å². The number of methoxy groups -OCH3 is 1. The topological polar surface area (TPSA) is 48.6 Å². The predicted molar refractivity (Wildman–Crippen MR) is 114 cm³/mol. The molecule has 5 nitrogen and oxygen atoms in total. The second kappa shape index (κ2) is 6.92. The quantitative estimate of drug-likeness (QED) is 0.740. The summed E-state index contributed by atoms with van der Waals surface area (Å²) in [5, 5.41) is 0.954. The van der Waals surface area contributed by atoms with Crippen molar-refractivity contribution in [3.05, 3.63) is 65.4 Å². The van der Waals surface area contributed by atoms with Crippen molar-refractivity contribution >= 4 is 16.8 Å². The van der Waals surface area contributed by atoms with Gasteiger partial charge in [-0.05, 0) is 49.2 Å². The van der Waals surface area contributed by atoms with Gasteiger partial charge in [0, 0.05) is 42.5 Å². The summed E-state index contributed by atoms with van der Waals surface area (Å²) in [5.74, 6) is 1.87. The lowest BCUT2D eigenvalue weighted by Crippen LogP contribution is -2.33. The van der Waals surface area contributed by atoms with Crippen LogP contribution >= 0.6 is 0 Å². The Labute approximate surface area is 171 Å². The number of aryl methyl sites for hydroxylation is 1. The van der Waals surface area contributed by atoms with Gasteiger partial charge in [0.1, 0.15) is 11.4 Å². The van der Waals surface area contributed by atoms with Gasteiger partial charge in [-0.15, -0.1) is 0 Å². The summed E-state index contributed by atoms with van der Waals surface area (Å²) in [4.78, 5) is 21.1. The van der Waals surface area contributed by atoms with Crippen molar-refractivity contribution in [3.8, 4) is 5.75 Å². The predicted octanol–water partition coefficient (Wildman–Crippen LogP) is 3.86. The van der Waals surface area contributed by atoms with Crippen molar-refractivity contribution in [3.63, 3.8) is 0 Å². The first-order chi connectivity index (χ1) is 14.1. The van der Waals surface area contributed by atoms with Crippen LogP contribution in [0.5, 0.6) is 5.75 Å². The van der Waals surface area contributed by atoms with E-state index in [0.29, 0.717) is 23.6 Å². The Morgan fingerprint density at radius 2 is 1.93 bits per heavy atom. The summed E-state index contributed by atoms with van der Waals surface area (Å²) in [5.41, 5.74) is 4.31. The van der Waals surface area contributed by atoms with Gasteiger partial charge < -0.3 is 14.6 Å². The molecule has 5 rings (SSSR count). The summed E-state index contributed by atoms with van der Waals surface area (Å²) in [7, 11) is 3.87. The molecule has 150 valence electrons. The molecule has 3 heterocycles. The van der Waals surface area contributed by atoms with Crippen LogP contribution < -0.4 is 4.74 Å². The lowest BCUT2D eigenvalue weighted by molar-refractivity contribution is 0.0763. The molecule has 2 fully saturated rings. The van der Waals surface area contributed by atoms with E-state index in [-0.39, 0.29) is 5.91 Å². The van der Waals surface area contributed by atoms with E-state index >= 15 is 0 Å². The fourth-order valence-electron chi connectivity index (χ4n) is 5.40. The molecule has 0 radical (unpaired) electrons. The number of nitrogens with zero attached hydrogens (tertiary/aromatic N) is 2. The number of aromatic amines is 1. The number of carbonyl (C=O) groups is 1. The number of hydrogen-bond acceptors (Lipinski definition) is 3. The number of nitrogens with one attached hydrogen (secondary N) is 1. The summed E-state index contributed by atoms with van der Waals surface area (Å²) in [6.07, 6.45) is 0. The molecule has 3 atom stereocenters. The highest BCUT2D eigenvalue weighted by atomic mass is 16.5. The van der Waals surface area contributed by atoms with Gasteiger partial charge in [0.05, 0.1) is 7.11 Å². The number of hydrogen-bond donors (Lipinski definition) is 1. The van der Waals surface area contributed by atoms with Crippen molar-refractivity contribution in [2.75, 3.05) is 33.8 Å². The normalized spacial score (nSPS) is 24.2. The lowest BCUT2D eigenvalue weighted by Gasteiger charge is -2.28. The van der Waals surface area contributed by atoms with E-state index in [2.05, 4.69) is 48.1 Å². The molecule has 3 aromatic rings. The number of fused-ring (bicyclic) bond motifs is 2. The lowest BCUT2D eigenvalue weighted by atomic mass is 9.88. The standard InChI is InChI=1S/C24H27N3O2/c1-15-7-4-5-8-17(15)23-19-14-27(13-16(19)12-26(23)2)24(28)21-11-18-20(25-21)9-6-10-22(18)29-3/h4-11,16,19,23,25H,12-14H2,1-3H3/t16-,19+,23+/m0/s1. The number of rotatable bonds is 3. The van der Waals surface area contributed by atoms with E-state index < -0.39 is 0 Å². The Bertz CT molecular complexity index is 1070. The van der Waals surface area contributed by atoms with Crippen LogP contribution in [0.4, 0.5) is 0 Å². The van der Waals surface area contributed by atoms with Crippen molar-refractivity contribution in [2.24, 2.45) is 11.8 Å². The maximum absolute atomic E-state index is 13.3. The van der Waals surface area contributed by atoms with E-state index in [0.717, 1.165) is 36.3 Å². The van der Waals surface area contributed by atoms with Crippen molar-refractivity contribution in [1.82, 2.24) is 14.8 Å². The van der Waals surface area contributed by atoms with Gasteiger partial charge in [-0.2, -0.15) is 0 Å². The van der Waals surface area contributed by atoms with Gasteiger partial charge >= 0.3 is 0 Å². The SMILES string of the molecule is COc1cccc2[nH]c(C(=O)N3C[C@@H]4CN(C)[C@H](c5ccccc5C)[C@@H]4C3)cc12. The molecule has 1 N–H and O–H groups in total. The van der Waals surface area contributed by atoms with Crippen LogP contribution in [-0.4, -0.2) is 54.5 Å². The monoisotopic (exact) mass is 389 g/mol. The maximum atomic E-state index is 13.3. The Morgan fingerprint density at radius 3 is 2.72 bits per heavy atom. The molecular formula is C24H27N3O2. The molecular weight excluding hydrogens is 362 g/mol. The third-order valence-electron chi connectivity index (χ3n) is 6.76. The van der Waals surface area contributed by atoms with E-state index in [1.54, 1.807) is 7.11 Å². The first-order valence-electron chi connectivity index (χ1n) is 10.3. The molecule has 2 aromatic carbocycles. The third kappa shape index (κ3) is 2.92. The van der Waals surface area contributed by atoms with Gasteiger partial charge in [0.15, 0.2) is 0 Å². The minimum absolute atomic E-state index is 0.0869. The molecule has 2 aliphatic rings. The average molecular weight is 389 g/mol. The fourth-order valence-corrected chi connectivity index (χ4v) is 5.40. The number of benzene rings is 2. The maximum Gasteiger partial charge on any atom is 0.270 e. The summed E-state index contributed by atoms with van der Waals surface area (Å²) in [6, 6.07) is 16.8. The summed E-state index contributed by atoms with van der Waals surface area (Å²) in [6.45, 7) is 4.85. The van der Waals surface area contributed by atoms with Crippen LogP contribution in [0.25, 0.3) is 10.9 Å². The minimum atomic E-state index is 0.0869. The van der Waals surface area contributed by atoms with Crippen LogP contribution in [0.15, 0.2) is 48.5 Å². The molecule has 1 amide bonds. The summed E-state index contributed by atoms with van der Waals surface area (Å²) < 4.78 is 5.44. The number of amides is 1. The number of aromatic nitrogens is 1. The molecule has 0 saturated carbocycles. The zero-order valence-corrected chi connectivity index (χ0v) is 17.2. The van der Waals surface area contributed by atoms with E-state index in [9.17, 15) is 4.79 Å². The smallest absolute Gasteiger partial charge is 0.270 e. The van der Waals surface area contributed by atoms with Gasteiger partial charge in [0.25, 0.3) is 5.91 Å². The highest BCUT2D eigenvalue weighted by molar-refractivity contribution is 5.99. The summed E-state index contributed by atoms with van der Waals surface area (Å²) >= 11 is 0. The third-order valence-corrected chi connectivity index (χ3v) is 6.76. The Hall–Kier alpha value is -2.79. The molecule has 2 saturated heterocycles. The second-order valence-electron chi connectivity index (χ2n) is 8.48. The van der Waals surface area contributed by atoms with Crippen molar-refractivity contribution in [1.29, 1.82) is 0 Å². The Kier molecular flexibility index (Phi) is 4.36. The van der Waals surface area contributed by atoms with Crippen LogP contribution in [0.3, 0.4) is 0 Å². The molecule has 29 heavy (non-hydrogen) atoms. The number of likely N-dealkylation sites (tertiary alicyclic amines) is 2. The fraction of sp³-hybridized carbons (Fsp3) is 0.375. The van der Waals surface area contributed by atoms with E-state index in [1.165, 1.54) is 11.1 Å². The number of carbonyl (C=O) groups excluding carboxylic acids is 1. The van der Waals surface area contributed by atoms with Gasteiger partial charge in [-0.25, -0.2) is 0 Å². The number of H-pyrrole nitrogens is 1. The first-order valence-corrected chi connectivity index (χ1v) is 10.3. The zero-order chi connectivity index (χ0) is 20.1. The first kappa shape index (κ1) is 18.3. The minimum Gasteiger partial charge on any atom is -0.496 e. The van der Waals surface area contributed by atoms with Crippen LogP contribution in [0.1, 0.15) is 27.7 Å². The number of ether oxygens (including phenoxy) is 1. The highest BCUT2D eigenvalue weighted by Crippen LogP contribution is 2.45. The van der Waals surface area contributed by atoms with Crippen LogP contribution in [0.2, 0.25) is 0 Å². The average Bonchev–Trinajstić information content (AvgIpc) is 3.40. The largest absolute Gasteiger partial charge is 0.496 e. The highest BCUT2D eigenvalue weighted by Gasteiger charge is 2.47. The molecule has 5 heteroatoms. The molecule has 2 aliphatic heterocycles. The Morgan fingerprint density at radius 1 is 1.10 bits per heavy atom. The van der Waals surface area contributed by atoms with E-state index in [4.69, 9.17) is 4.74 Å². The van der Waals surface area contributed by atoms with Crippen molar-refractivity contribution < 1.29 is 9.53 Å². The van der Waals surface area contributed by atoms with Gasteiger partial charge in [-0.3, -0.25) is 9.69 Å². The zero-order valence-electron chi connectivity index (χ0n) is 17.2. The molecule has 0 unspecified atom stereocenters. The Balaban J connectivity index is 1.41. The molecule has 0 spiro atoms. The van der Waals surface area contributed by atoms with Crippen molar-refractivity contribution in [2.45, 2.75) is 13.0 Å². The molecule has 0 aliphatic carbocycles. The molecule has 0 bridgehead atoms. The van der Waals surface area contributed by atoms with E-state index in [1.807, 2.05) is 29.2 Å². The second-order valence-corrected chi connectivity index (χ2v) is 8.48. The van der Waals surface area contributed by atoms with Gasteiger partial charge in [0.2, 0.25) is 0 Å².